The van der Waals surface area contributed by atoms with E-state index in [0.717, 1.165) is 30.3 Å². The Kier molecular flexibility index (Phi) is 6.85. The predicted octanol–water partition coefficient (Wildman–Crippen LogP) is 4.74. The maximum Gasteiger partial charge on any atom is 0.419 e. The molecule has 8 heteroatoms. The third kappa shape index (κ3) is 5.29. The van der Waals surface area contributed by atoms with E-state index in [0.29, 0.717) is 42.6 Å². The summed E-state index contributed by atoms with van der Waals surface area (Å²) in [6.07, 6.45) is 0.773. The number of carboxylic acids is 1. The Morgan fingerprint density at radius 3 is 2.18 bits per heavy atom. The molecule has 2 aliphatic rings. The van der Waals surface area contributed by atoms with E-state index in [2.05, 4.69) is 10.6 Å². The van der Waals surface area contributed by atoms with Crippen LogP contribution in [-0.2, 0) is 12.8 Å². The van der Waals surface area contributed by atoms with Gasteiger partial charge in [0.25, 0.3) is 0 Å². The third-order valence-electron chi connectivity index (χ3n) is 5.87. The van der Waals surface area contributed by atoms with Crippen LogP contribution in [0.15, 0.2) is 48.6 Å². The summed E-state index contributed by atoms with van der Waals surface area (Å²) in [5, 5.41) is 16.3. The lowest BCUT2D eigenvalue weighted by atomic mass is 9.87. The molecule has 0 saturated carbocycles. The third-order valence-corrected chi connectivity index (χ3v) is 5.87. The molecule has 0 amide bonds. The van der Waals surface area contributed by atoms with Gasteiger partial charge in [0.05, 0.1) is 11.1 Å². The molecule has 2 aromatic carbocycles. The molecule has 5 nitrogen and oxygen atoms in total. The molecule has 3 N–H and O–H groups in total. The van der Waals surface area contributed by atoms with Gasteiger partial charge in [0.15, 0.2) is 0 Å². The summed E-state index contributed by atoms with van der Waals surface area (Å²) in [4.78, 5) is 12.1. The average molecular weight is 458 g/mol. The fraction of sp³-hybridized carbons (Fsp3) is 0.320. The number of rotatable bonds is 6. The van der Waals surface area contributed by atoms with Gasteiger partial charge in [-0.25, -0.2) is 4.79 Å². The summed E-state index contributed by atoms with van der Waals surface area (Å²) in [5.41, 5.74) is 3.19. The highest BCUT2D eigenvalue weighted by atomic mass is 19.4. The summed E-state index contributed by atoms with van der Waals surface area (Å²) < 4.78 is 45.9. The van der Waals surface area contributed by atoms with E-state index in [-0.39, 0.29) is 17.9 Å². The average Bonchev–Trinajstić information content (AvgIpc) is 2.83. The largest absolute Gasteiger partial charge is 0.488 e. The van der Waals surface area contributed by atoms with Crippen LogP contribution in [0.3, 0.4) is 0 Å². The number of nitrogens with one attached hydrogen (secondary N) is 2. The molecule has 0 bridgehead atoms. The van der Waals surface area contributed by atoms with Crippen LogP contribution in [0.5, 0.6) is 5.75 Å². The van der Waals surface area contributed by atoms with Gasteiger partial charge in [-0.2, -0.15) is 13.2 Å². The van der Waals surface area contributed by atoms with Gasteiger partial charge in [0.1, 0.15) is 12.4 Å². The molecular formula is C25H25F3N2O3. The summed E-state index contributed by atoms with van der Waals surface area (Å²) in [6, 6.07) is 8.53. The van der Waals surface area contributed by atoms with E-state index in [1.165, 1.54) is 18.2 Å². The van der Waals surface area contributed by atoms with Crippen molar-refractivity contribution >= 4 is 17.1 Å². The monoisotopic (exact) mass is 458 g/mol. The number of aromatic carboxylic acids is 1. The Morgan fingerprint density at radius 1 is 0.970 bits per heavy atom. The van der Waals surface area contributed by atoms with Crippen molar-refractivity contribution in [3.05, 3.63) is 76.4 Å². The lowest BCUT2D eigenvalue weighted by Crippen LogP contribution is -2.22. The summed E-state index contributed by atoms with van der Waals surface area (Å²) in [7, 11) is 0. The zero-order valence-corrected chi connectivity index (χ0v) is 18.0. The lowest BCUT2D eigenvalue weighted by Gasteiger charge is -2.23. The number of alkyl halides is 3. The van der Waals surface area contributed by atoms with Gasteiger partial charge in [-0.3, -0.25) is 0 Å². The molecule has 0 atom stereocenters. The van der Waals surface area contributed by atoms with E-state index < -0.39 is 17.7 Å². The van der Waals surface area contributed by atoms with Gasteiger partial charge in [0, 0.05) is 13.1 Å². The van der Waals surface area contributed by atoms with Gasteiger partial charge < -0.3 is 20.5 Å². The summed E-state index contributed by atoms with van der Waals surface area (Å²) >= 11 is 0. The van der Waals surface area contributed by atoms with Crippen LogP contribution in [0, 0.1) is 0 Å². The number of carbonyl (C=O) groups is 1. The van der Waals surface area contributed by atoms with E-state index >= 15 is 0 Å². The topological polar surface area (TPSA) is 70.6 Å². The highest BCUT2D eigenvalue weighted by Crippen LogP contribution is 2.37. The fourth-order valence-electron chi connectivity index (χ4n) is 4.22. The minimum atomic E-state index is -4.53. The van der Waals surface area contributed by atoms with Crippen LogP contribution in [0.4, 0.5) is 13.2 Å². The first-order valence-electron chi connectivity index (χ1n) is 10.8. The summed E-state index contributed by atoms with van der Waals surface area (Å²) in [5.74, 6) is -1.28. The van der Waals surface area contributed by atoms with E-state index in [9.17, 15) is 23.1 Å². The van der Waals surface area contributed by atoms with Crippen molar-refractivity contribution in [1.29, 1.82) is 0 Å². The first-order chi connectivity index (χ1) is 15.8. The molecule has 2 aromatic rings. The van der Waals surface area contributed by atoms with Crippen LogP contribution < -0.4 is 15.4 Å². The van der Waals surface area contributed by atoms with Gasteiger partial charge in [-0.15, -0.1) is 0 Å². The van der Waals surface area contributed by atoms with Gasteiger partial charge >= 0.3 is 12.1 Å². The highest BCUT2D eigenvalue weighted by Gasteiger charge is 2.34. The molecule has 0 fully saturated rings. The van der Waals surface area contributed by atoms with E-state index in [4.69, 9.17) is 4.74 Å². The van der Waals surface area contributed by atoms with Gasteiger partial charge in [0.2, 0.25) is 0 Å². The Balaban J connectivity index is 1.78. The van der Waals surface area contributed by atoms with E-state index in [1.807, 2.05) is 12.2 Å². The molecule has 0 radical (unpaired) electrons. The van der Waals surface area contributed by atoms with E-state index in [1.54, 1.807) is 12.1 Å². The molecule has 4 rings (SSSR count). The number of benzene rings is 2. The van der Waals surface area contributed by atoms with Gasteiger partial charge in [-0.1, -0.05) is 24.3 Å². The van der Waals surface area contributed by atoms with Crippen molar-refractivity contribution < 1.29 is 27.8 Å². The smallest absolute Gasteiger partial charge is 0.419 e. The van der Waals surface area contributed by atoms with Crippen LogP contribution >= 0.6 is 0 Å². The Labute approximate surface area is 190 Å². The Morgan fingerprint density at radius 2 is 1.61 bits per heavy atom. The molecule has 174 valence electrons. The zero-order chi connectivity index (χ0) is 23.4. The van der Waals surface area contributed by atoms with Crippen molar-refractivity contribution in [3.63, 3.8) is 0 Å². The SMILES string of the molecule is O=C(O)c1cc(C2=CCNCC2)c(COc2ccccc2C(F)(F)F)cc1C1=CCNCC1. The minimum absolute atomic E-state index is 0.106. The molecule has 0 aromatic heterocycles. The van der Waals surface area contributed by atoms with Gasteiger partial charge in [-0.05, 0) is 78.0 Å². The number of carboxylic acid groups (broad SMARTS) is 1. The fourth-order valence-corrected chi connectivity index (χ4v) is 4.22. The van der Waals surface area contributed by atoms with Crippen molar-refractivity contribution in [2.45, 2.75) is 25.6 Å². The van der Waals surface area contributed by atoms with Crippen molar-refractivity contribution in [3.8, 4) is 5.75 Å². The molecule has 0 spiro atoms. The van der Waals surface area contributed by atoms with Crippen molar-refractivity contribution in [2.24, 2.45) is 0 Å². The van der Waals surface area contributed by atoms with Crippen molar-refractivity contribution in [2.75, 3.05) is 26.2 Å². The number of hydrogen-bond acceptors (Lipinski definition) is 4. The number of halogens is 3. The minimum Gasteiger partial charge on any atom is -0.488 e. The standard InChI is InChI=1S/C25H25F3N2O3/c26-25(27,28)22-3-1-2-4-23(22)33-15-18-13-20(17-7-11-30-12-8-17)21(24(31)32)14-19(18)16-5-9-29-10-6-16/h1-5,7,13-14,29-30H,6,8-12,15H2,(H,31,32). The van der Waals surface area contributed by atoms with Crippen LogP contribution in [0.1, 0.15) is 45.5 Å². The number of ether oxygens (including phenoxy) is 1. The maximum atomic E-state index is 13.4. The first kappa shape index (κ1) is 23.1. The predicted molar refractivity (Wildman–Crippen MR) is 120 cm³/mol. The van der Waals surface area contributed by atoms with Crippen LogP contribution in [-0.4, -0.2) is 37.3 Å². The quantitative estimate of drug-likeness (QED) is 0.584. The van der Waals surface area contributed by atoms with Crippen LogP contribution in [0.2, 0.25) is 0 Å². The maximum absolute atomic E-state index is 13.4. The highest BCUT2D eigenvalue weighted by molar-refractivity contribution is 5.96. The molecule has 33 heavy (non-hydrogen) atoms. The number of para-hydroxylation sites is 1. The second-order valence-electron chi connectivity index (χ2n) is 8.01. The molecule has 2 heterocycles. The molecule has 0 saturated heterocycles. The second-order valence-corrected chi connectivity index (χ2v) is 8.01. The Hall–Kier alpha value is -3.10. The molecule has 0 aliphatic carbocycles. The summed E-state index contributed by atoms with van der Waals surface area (Å²) in [6.45, 7) is 2.65. The normalized spacial score (nSPS) is 16.7. The number of hydrogen-bond donors (Lipinski definition) is 3. The van der Waals surface area contributed by atoms with Crippen molar-refractivity contribution in [1.82, 2.24) is 10.6 Å². The second kappa shape index (κ2) is 9.80. The first-order valence-corrected chi connectivity index (χ1v) is 10.8. The Bertz CT molecular complexity index is 1110. The molecule has 2 aliphatic heterocycles. The van der Waals surface area contributed by atoms with Crippen LogP contribution in [0.25, 0.3) is 11.1 Å². The molecular weight excluding hydrogens is 433 g/mol. The molecule has 0 unspecified atom stereocenters. The lowest BCUT2D eigenvalue weighted by molar-refractivity contribution is -0.139. The zero-order valence-electron chi connectivity index (χ0n) is 18.0.